The molecule has 0 spiro atoms. The molecule has 168 valence electrons. The zero-order chi connectivity index (χ0) is 22.7. The molecule has 1 N–H and O–H groups in total. The molecule has 32 heavy (non-hydrogen) atoms. The van der Waals surface area contributed by atoms with Crippen molar-refractivity contribution in [3.63, 3.8) is 0 Å². The average molecular weight is 467 g/mol. The third-order valence-electron chi connectivity index (χ3n) is 5.97. The average Bonchev–Trinajstić information content (AvgIpc) is 3.40. The van der Waals surface area contributed by atoms with Gasteiger partial charge in [-0.05, 0) is 78.8 Å². The largest absolute Gasteiger partial charge is 0.494 e. The highest BCUT2D eigenvalue weighted by Crippen LogP contribution is 2.45. The summed E-state index contributed by atoms with van der Waals surface area (Å²) in [5, 5.41) is 5.92. The summed E-state index contributed by atoms with van der Waals surface area (Å²) < 4.78 is 5.51. The van der Waals surface area contributed by atoms with Gasteiger partial charge in [-0.2, -0.15) is 0 Å². The normalized spacial score (nSPS) is 16.2. The minimum absolute atomic E-state index is 0.0841. The van der Waals surface area contributed by atoms with Gasteiger partial charge in [0, 0.05) is 21.7 Å². The molecular weight excluding hydrogens is 436 g/mol. The molecule has 0 radical (unpaired) electrons. The Hall–Kier alpha value is -2.44. The van der Waals surface area contributed by atoms with E-state index in [0.717, 1.165) is 46.1 Å². The predicted molar refractivity (Wildman–Crippen MR) is 136 cm³/mol. The maximum absolute atomic E-state index is 13.4. The Morgan fingerprint density at radius 1 is 1.25 bits per heavy atom. The fraction of sp³-hybridized carbons (Fsp3) is 0.385. The van der Waals surface area contributed by atoms with E-state index in [-0.39, 0.29) is 11.3 Å². The first kappa shape index (κ1) is 22.7. The van der Waals surface area contributed by atoms with Crippen LogP contribution in [0.4, 0.5) is 10.7 Å². The Bertz CT molecular complexity index is 1090. The SMILES string of the molecule is CCOc1ccc(NC(=O)c2c(N=Cc3cccs3)sc3c2CC[C@H](C(C)(C)C)C3)cc1. The summed E-state index contributed by atoms with van der Waals surface area (Å²) in [5.74, 6) is 1.33. The van der Waals surface area contributed by atoms with Crippen molar-refractivity contribution < 1.29 is 9.53 Å². The number of anilines is 1. The first-order valence-electron chi connectivity index (χ1n) is 11.1. The van der Waals surface area contributed by atoms with Crippen LogP contribution in [-0.2, 0) is 12.8 Å². The maximum atomic E-state index is 13.4. The van der Waals surface area contributed by atoms with E-state index in [2.05, 4.69) is 26.1 Å². The van der Waals surface area contributed by atoms with Gasteiger partial charge in [-0.1, -0.05) is 26.8 Å². The summed E-state index contributed by atoms with van der Waals surface area (Å²) in [6.45, 7) is 9.51. The lowest BCUT2D eigenvalue weighted by Crippen LogP contribution is -2.27. The van der Waals surface area contributed by atoms with Gasteiger partial charge in [-0.3, -0.25) is 4.79 Å². The van der Waals surface area contributed by atoms with Crippen molar-refractivity contribution in [2.75, 3.05) is 11.9 Å². The fourth-order valence-corrected chi connectivity index (χ4v) is 5.97. The van der Waals surface area contributed by atoms with Crippen LogP contribution in [0.25, 0.3) is 0 Å². The minimum Gasteiger partial charge on any atom is -0.494 e. The molecule has 1 atom stereocenters. The zero-order valence-electron chi connectivity index (χ0n) is 19.1. The molecule has 1 aliphatic rings. The maximum Gasteiger partial charge on any atom is 0.259 e. The third kappa shape index (κ3) is 5.13. The van der Waals surface area contributed by atoms with E-state index < -0.39 is 0 Å². The molecule has 0 saturated carbocycles. The van der Waals surface area contributed by atoms with Crippen molar-refractivity contribution >= 4 is 45.5 Å². The Balaban J connectivity index is 1.64. The Labute approximate surface area is 198 Å². The molecule has 0 aliphatic heterocycles. The van der Waals surface area contributed by atoms with E-state index in [0.29, 0.717) is 12.5 Å². The number of benzene rings is 1. The van der Waals surface area contributed by atoms with Gasteiger partial charge >= 0.3 is 0 Å². The number of aliphatic imine (C=N–C) groups is 1. The van der Waals surface area contributed by atoms with Crippen LogP contribution >= 0.6 is 22.7 Å². The van der Waals surface area contributed by atoms with Gasteiger partial charge in [0.1, 0.15) is 10.8 Å². The monoisotopic (exact) mass is 466 g/mol. The number of nitrogens with one attached hydrogen (secondary N) is 1. The van der Waals surface area contributed by atoms with E-state index >= 15 is 0 Å². The number of amides is 1. The summed E-state index contributed by atoms with van der Waals surface area (Å²) >= 11 is 3.32. The Kier molecular flexibility index (Phi) is 6.82. The van der Waals surface area contributed by atoms with E-state index in [9.17, 15) is 4.79 Å². The second-order valence-corrected chi connectivity index (χ2v) is 11.2. The molecular formula is C26H30N2O2S2. The molecule has 1 amide bonds. The number of nitrogens with zero attached hydrogens (tertiary/aromatic N) is 1. The second-order valence-electron chi connectivity index (χ2n) is 9.17. The van der Waals surface area contributed by atoms with Gasteiger partial charge in [-0.25, -0.2) is 4.99 Å². The number of hydrogen-bond donors (Lipinski definition) is 1. The first-order chi connectivity index (χ1) is 15.3. The summed E-state index contributed by atoms with van der Waals surface area (Å²) in [6.07, 6.45) is 4.91. The van der Waals surface area contributed by atoms with Crippen molar-refractivity contribution in [2.45, 2.75) is 47.0 Å². The van der Waals surface area contributed by atoms with Crippen LogP contribution in [0, 0.1) is 11.3 Å². The predicted octanol–water partition coefficient (Wildman–Crippen LogP) is 7.36. The zero-order valence-corrected chi connectivity index (χ0v) is 20.7. The highest BCUT2D eigenvalue weighted by atomic mass is 32.1. The second kappa shape index (κ2) is 9.59. The molecule has 4 rings (SSSR count). The van der Waals surface area contributed by atoms with Crippen molar-refractivity contribution in [3.8, 4) is 5.75 Å². The smallest absolute Gasteiger partial charge is 0.259 e. The molecule has 6 heteroatoms. The molecule has 0 saturated heterocycles. The lowest BCUT2D eigenvalue weighted by atomic mass is 9.72. The molecule has 1 aromatic carbocycles. The summed E-state index contributed by atoms with van der Waals surface area (Å²) in [5.41, 5.74) is 2.93. The van der Waals surface area contributed by atoms with Gasteiger partial charge in [0.15, 0.2) is 0 Å². The van der Waals surface area contributed by atoms with Gasteiger partial charge in [0.25, 0.3) is 5.91 Å². The van der Waals surface area contributed by atoms with E-state index in [1.54, 1.807) is 22.7 Å². The number of rotatable bonds is 6. The van der Waals surface area contributed by atoms with Crippen LogP contribution in [0.3, 0.4) is 0 Å². The standard InChI is InChI=1S/C26H30N2O2S2/c1-5-30-19-11-9-18(10-12-19)28-24(29)23-21-13-8-17(26(2,3)4)15-22(21)32-25(23)27-16-20-7-6-14-31-20/h6-7,9-12,14,16-17H,5,8,13,15H2,1-4H3,(H,28,29)/t17-/m0/s1. The minimum atomic E-state index is -0.0841. The van der Waals surface area contributed by atoms with Crippen molar-refractivity contribution in [3.05, 3.63) is 62.7 Å². The van der Waals surface area contributed by atoms with E-state index in [4.69, 9.17) is 9.73 Å². The fourth-order valence-electron chi connectivity index (χ4n) is 4.12. The van der Waals surface area contributed by atoms with Crippen molar-refractivity contribution in [2.24, 2.45) is 16.3 Å². The molecule has 0 fully saturated rings. The number of hydrogen-bond acceptors (Lipinski definition) is 5. The number of carbonyl (C=O) groups excluding carboxylic acids is 1. The van der Waals surface area contributed by atoms with E-state index in [1.165, 1.54) is 10.4 Å². The summed E-state index contributed by atoms with van der Waals surface area (Å²) in [4.78, 5) is 20.6. The van der Waals surface area contributed by atoms with Crippen molar-refractivity contribution in [1.29, 1.82) is 0 Å². The van der Waals surface area contributed by atoms with E-state index in [1.807, 2.05) is 54.9 Å². The first-order valence-corrected chi connectivity index (χ1v) is 12.8. The molecule has 2 aromatic heterocycles. The number of thiophene rings is 2. The van der Waals surface area contributed by atoms with Crippen molar-refractivity contribution in [1.82, 2.24) is 0 Å². The highest BCUT2D eigenvalue weighted by molar-refractivity contribution is 7.16. The lowest BCUT2D eigenvalue weighted by Gasteiger charge is -2.33. The van der Waals surface area contributed by atoms with Gasteiger partial charge in [0.05, 0.1) is 12.2 Å². The summed E-state index contributed by atoms with van der Waals surface area (Å²) in [6, 6.07) is 11.6. The van der Waals surface area contributed by atoms with Gasteiger partial charge in [0.2, 0.25) is 0 Å². The van der Waals surface area contributed by atoms with Crippen LogP contribution < -0.4 is 10.1 Å². The molecule has 0 unspecified atom stereocenters. The Morgan fingerprint density at radius 3 is 2.69 bits per heavy atom. The Morgan fingerprint density at radius 2 is 2.03 bits per heavy atom. The molecule has 2 heterocycles. The lowest BCUT2D eigenvalue weighted by molar-refractivity contribution is 0.102. The van der Waals surface area contributed by atoms with Gasteiger partial charge in [-0.15, -0.1) is 22.7 Å². The summed E-state index contributed by atoms with van der Waals surface area (Å²) in [7, 11) is 0. The van der Waals surface area contributed by atoms with Crippen LogP contribution in [0.5, 0.6) is 5.75 Å². The number of ether oxygens (including phenoxy) is 1. The number of carbonyl (C=O) groups is 1. The van der Waals surface area contributed by atoms with Crippen LogP contribution in [0.2, 0.25) is 0 Å². The molecule has 1 aliphatic carbocycles. The van der Waals surface area contributed by atoms with Crippen LogP contribution in [-0.4, -0.2) is 18.7 Å². The third-order valence-corrected chi connectivity index (χ3v) is 7.94. The molecule has 3 aromatic rings. The van der Waals surface area contributed by atoms with Crippen LogP contribution in [0.1, 0.15) is 59.8 Å². The quantitative estimate of drug-likeness (QED) is 0.386. The highest BCUT2D eigenvalue weighted by Gasteiger charge is 2.33. The topological polar surface area (TPSA) is 50.7 Å². The molecule has 4 nitrogen and oxygen atoms in total. The van der Waals surface area contributed by atoms with Crippen LogP contribution in [0.15, 0.2) is 46.8 Å². The molecule has 0 bridgehead atoms. The number of fused-ring (bicyclic) bond motifs is 1. The van der Waals surface area contributed by atoms with Gasteiger partial charge < -0.3 is 10.1 Å².